The number of aromatic nitrogens is 2. The van der Waals surface area contributed by atoms with Crippen molar-refractivity contribution in [1.82, 2.24) is 9.97 Å². The van der Waals surface area contributed by atoms with Gasteiger partial charge in [-0.1, -0.05) is 17.8 Å². The third-order valence-corrected chi connectivity index (χ3v) is 5.54. The Morgan fingerprint density at radius 1 is 1.38 bits per heavy atom. The number of halogens is 1. The Morgan fingerprint density at radius 2 is 2.17 bits per heavy atom. The number of methoxy groups -OCH3 is 1. The lowest BCUT2D eigenvalue weighted by Crippen LogP contribution is -2.09. The molecule has 0 bridgehead atoms. The van der Waals surface area contributed by atoms with Gasteiger partial charge in [0.1, 0.15) is 10.6 Å². The van der Waals surface area contributed by atoms with E-state index in [0.29, 0.717) is 15.4 Å². The predicted octanol–water partition coefficient (Wildman–Crippen LogP) is 4.34. The van der Waals surface area contributed by atoms with E-state index in [1.54, 1.807) is 7.11 Å². The van der Waals surface area contributed by atoms with Crippen LogP contribution in [0.1, 0.15) is 10.4 Å². The molecule has 0 aliphatic carbocycles. The van der Waals surface area contributed by atoms with Crippen LogP contribution < -0.4 is 10.3 Å². The van der Waals surface area contributed by atoms with Crippen LogP contribution in [0.15, 0.2) is 28.2 Å². The van der Waals surface area contributed by atoms with E-state index in [2.05, 4.69) is 9.97 Å². The Hall–Kier alpha value is -1.86. The average molecular weight is 364 g/mol. The highest BCUT2D eigenvalue weighted by Gasteiger charge is 2.17. The Labute approximate surface area is 147 Å². The number of fused-ring (bicyclic) bond motifs is 1. The number of hydrogen-bond donors (Lipinski definition) is 1. The molecule has 2 heterocycles. The lowest BCUT2D eigenvalue weighted by Gasteiger charge is -2.08. The van der Waals surface area contributed by atoms with E-state index in [-0.39, 0.29) is 11.3 Å². The first kappa shape index (κ1) is 17.0. The highest BCUT2D eigenvalue weighted by Crippen LogP contribution is 2.37. The second-order valence-electron chi connectivity index (χ2n) is 5.31. The molecule has 1 N–H and O–H groups in total. The van der Waals surface area contributed by atoms with Gasteiger partial charge in [-0.15, -0.1) is 11.3 Å². The number of alkyl halides is 1. The number of ether oxygens (including phenoxy) is 1. The van der Waals surface area contributed by atoms with Gasteiger partial charge in [0.15, 0.2) is 5.16 Å². The lowest BCUT2D eigenvalue weighted by molar-refractivity contribution is 0.412. The van der Waals surface area contributed by atoms with E-state index in [1.165, 1.54) is 23.1 Å². The fraction of sp³-hybridized carbons (Fsp3) is 0.294. The zero-order valence-corrected chi connectivity index (χ0v) is 15.2. The van der Waals surface area contributed by atoms with Gasteiger partial charge >= 0.3 is 0 Å². The van der Waals surface area contributed by atoms with E-state index in [1.807, 2.05) is 32.0 Å². The topological polar surface area (TPSA) is 55.0 Å². The van der Waals surface area contributed by atoms with Gasteiger partial charge < -0.3 is 9.72 Å². The first-order valence-electron chi connectivity index (χ1n) is 7.42. The highest BCUT2D eigenvalue weighted by molar-refractivity contribution is 7.99. The third-order valence-electron chi connectivity index (χ3n) is 3.72. The van der Waals surface area contributed by atoms with Crippen LogP contribution in [0.3, 0.4) is 0 Å². The van der Waals surface area contributed by atoms with Crippen molar-refractivity contribution in [2.45, 2.75) is 19.0 Å². The van der Waals surface area contributed by atoms with E-state index >= 15 is 0 Å². The molecule has 0 aliphatic heterocycles. The summed E-state index contributed by atoms with van der Waals surface area (Å²) in [5, 5.41) is 1.05. The zero-order chi connectivity index (χ0) is 17.3. The van der Waals surface area contributed by atoms with Crippen LogP contribution >= 0.6 is 23.1 Å². The normalized spacial score (nSPS) is 11.2. The molecule has 0 fully saturated rings. The summed E-state index contributed by atoms with van der Waals surface area (Å²) in [5.74, 6) is 1.09. The fourth-order valence-electron chi connectivity index (χ4n) is 2.68. The van der Waals surface area contributed by atoms with Crippen LogP contribution in [0.4, 0.5) is 4.39 Å². The molecule has 0 radical (unpaired) electrons. The van der Waals surface area contributed by atoms with E-state index in [9.17, 15) is 9.18 Å². The standard InChI is InChI=1S/C17H17FN2O2S2/c1-9-8-11(4-5-12(9)22-3)13-10(2)24-16-14(13)15(21)19-17(20-16)23-7-6-18/h4-5,8H,6-7H2,1-3H3,(H,19,20,21). The van der Waals surface area contributed by atoms with Gasteiger partial charge in [0.05, 0.1) is 19.2 Å². The van der Waals surface area contributed by atoms with Crippen molar-refractivity contribution in [3.63, 3.8) is 0 Å². The molecule has 3 rings (SSSR count). The summed E-state index contributed by atoms with van der Waals surface area (Å²) in [4.78, 5) is 21.5. The summed E-state index contributed by atoms with van der Waals surface area (Å²) >= 11 is 2.70. The minimum Gasteiger partial charge on any atom is -0.496 e. The molecule has 0 unspecified atom stereocenters. The molecule has 0 atom stereocenters. The maximum Gasteiger partial charge on any atom is 0.260 e. The summed E-state index contributed by atoms with van der Waals surface area (Å²) in [5.41, 5.74) is 2.69. The van der Waals surface area contributed by atoms with Gasteiger partial charge in [0, 0.05) is 16.2 Å². The summed E-state index contributed by atoms with van der Waals surface area (Å²) in [6, 6.07) is 5.87. The van der Waals surface area contributed by atoms with Gasteiger partial charge in [-0.05, 0) is 37.1 Å². The van der Waals surface area contributed by atoms with Gasteiger partial charge in [-0.3, -0.25) is 9.18 Å². The number of H-pyrrole nitrogens is 1. The van der Waals surface area contributed by atoms with E-state index < -0.39 is 6.67 Å². The van der Waals surface area contributed by atoms with Crippen LogP contribution in [0.2, 0.25) is 0 Å². The van der Waals surface area contributed by atoms with E-state index in [0.717, 1.165) is 27.3 Å². The van der Waals surface area contributed by atoms with Gasteiger partial charge in [0.2, 0.25) is 0 Å². The molecular formula is C17H17FN2O2S2. The van der Waals surface area contributed by atoms with Crippen molar-refractivity contribution in [2.24, 2.45) is 0 Å². The Bertz CT molecular complexity index is 950. The van der Waals surface area contributed by atoms with Crippen LogP contribution in [-0.2, 0) is 0 Å². The van der Waals surface area contributed by atoms with Crippen molar-refractivity contribution < 1.29 is 9.13 Å². The van der Waals surface area contributed by atoms with Crippen LogP contribution in [-0.4, -0.2) is 29.5 Å². The van der Waals surface area contributed by atoms with Crippen LogP contribution in [0.25, 0.3) is 21.3 Å². The summed E-state index contributed by atoms with van der Waals surface area (Å²) < 4.78 is 17.6. The second-order valence-corrected chi connectivity index (χ2v) is 7.59. The number of nitrogens with zero attached hydrogens (tertiary/aromatic N) is 1. The lowest BCUT2D eigenvalue weighted by atomic mass is 10.0. The molecule has 7 heteroatoms. The smallest absolute Gasteiger partial charge is 0.260 e. The summed E-state index contributed by atoms with van der Waals surface area (Å²) in [6.07, 6.45) is 0. The number of aryl methyl sites for hydroxylation is 2. The maximum absolute atomic E-state index is 12.6. The molecule has 0 saturated carbocycles. The van der Waals surface area contributed by atoms with Crippen molar-refractivity contribution in [1.29, 1.82) is 0 Å². The van der Waals surface area contributed by atoms with Crippen LogP contribution in [0.5, 0.6) is 5.75 Å². The zero-order valence-electron chi connectivity index (χ0n) is 13.6. The quantitative estimate of drug-likeness (QED) is 0.540. The monoisotopic (exact) mass is 364 g/mol. The third kappa shape index (κ3) is 3.06. The molecule has 1 aromatic carbocycles. The Kier molecular flexibility index (Phi) is 4.91. The molecule has 2 aromatic heterocycles. The molecule has 0 spiro atoms. The molecule has 3 aromatic rings. The van der Waals surface area contributed by atoms with Crippen molar-refractivity contribution >= 4 is 33.3 Å². The maximum atomic E-state index is 12.6. The van der Waals surface area contributed by atoms with Crippen molar-refractivity contribution in [2.75, 3.05) is 19.5 Å². The molecule has 0 aliphatic rings. The summed E-state index contributed by atoms with van der Waals surface area (Å²) in [6.45, 7) is 3.50. The van der Waals surface area contributed by atoms with Crippen LogP contribution in [0, 0.1) is 13.8 Å². The number of aromatic amines is 1. The number of hydrogen-bond acceptors (Lipinski definition) is 5. The first-order valence-corrected chi connectivity index (χ1v) is 9.22. The molecule has 0 amide bonds. The highest BCUT2D eigenvalue weighted by atomic mass is 32.2. The predicted molar refractivity (Wildman–Crippen MR) is 98.4 cm³/mol. The minimum atomic E-state index is -0.452. The first-order chi connectivity index (χ1) is 11.5. The van der Waals surface area contributed by atoms with Gasteiger partial charge in [-0.25, -0.2) is 4.98 Å². The molecule has 24 heavy (non-hydrogen) atoms. The molecule has 4 nitrogen and oxygen atoms in total. The van der Waals surface area contributed by atoms with Gasteiger partial charge in [-0.2, -0.15) is 0 Å². The number of thiophene rings is 1. The molecule has 0 saturated heterocycles. The number of benzene rings is 1. The number of nitrogens with one attached hydrogen (secondary N) is 1. The van der Waals surface area contributed by atoms with Gasteiger partial charge in [0.25, 0.3) is 5.56 Å². The number of thioether (sulfide) groups is 1. The average Bonchev–Trinajstić information content (AvgIpc) is 2.89. The van der Waals surface area contributed by atoms with Crippen molar-refractivity contribution in [3.05, 3.63) is 39.0 Å². The molecular weight excluding hydrogens is 347 g/mol. The Morgan fingerprint density at radius 3 is 2.83 bits per heavy atom. The Balaban J connectivity index is 2.17. The number of rotatable bonds is 5. The van der Waals surface area contributed by atoms with Crippen molar-refractivity contribution in [3.8, 4) is 16.9 Å². The summed E-state index contributed by atoms with van der Waals surface area (Å²) in [7, 11) is 1.64. The minimum absolute atomic E-state index is 0.186. The fourth-order valence-corrected chi connectivity index (χ4v) is 4.38. The SMILES string of the molecule is COc1ccc(-c2c(C)sc3nc(SCCF)[nH]c(=O)c23)cc1C. The van der Waals surface area contributed by atoms with E-state index in [4.69, 9.17) is 4.74 Å². The largest absolute Gasteiger partial charge is 0.496 e. The second kappa shape index (κ2) is 6.94. The molecule has 126 valence electrons.